The molecular formula is C18H18N4O5S. The van der Waals surface area contributed by atoms with Gasteiger partial charge < -0.3 is 14.6 Å². The quantitative estimate of drug-likeness (QED) is 0.583. The van der Waals surface area contributed by atoms with Gasteiger partial charge in [0.1, 0.15) is 5.84 Å². The smallest absolute Gasteiger partial charge is 0.339 e. The highest BCUT2D eigenvalue weighted by Gasteiger charge is 2.25. The summed E-state index contributed by atoms with van der Waals surface area (Å²) in [5.41, 5.74) is 1.70. The lowest BCUT2D eigenvalue weighted by atomic mass is 10.2. The average Bonchev–Trinajstić information content (AvgIpc) is 2.99. The van der Waals surface area contributed by atoms with Gasteiger partial charge in [0.2, 0.25) is 0 Å². The minimum absolute atomic E-state index is 0.0947. The number of carbonyl (C=O) groups is 1. The van der Waals surface area contributed by atoms with Gasteiger partial charge in [-0.3, -0.25) is 4.57 Å². The topological polar surface area (TPSA) is 114 Å². The van der Waals surface area contributed by atoms with Crippen molar-refractivity contribution in [2.24, 2.45) is 4.40 Å². The Morgan fingerprint density at radius 2 is 2.07 bits per heavy atom. The lowest BCUT2D eigenvalue weighted by Crippen LogP contribution is -2.37. The molecule has 1 N–H and O–H groups in total. The van der Waals surface area contributed by atoms with Crippen LogP contribution < -0.4 is 5.69 Å². The van der Waals surface area contributed by atoms with Gasteiger partial charge in [-0.25, -0.2) is 18.0 Å². The van der Waals surface area contributed by atoms with Crippen LogP contribution in [0.5, 0.6) is 0 Å². The second-order valence-electron chi connectivity index (χ2n) is 6.44. The first-order chi connectivity index (χ1) is 13.4. The lowest BCUT2D eigenvalue weighted by molar-refractivity contribution is -0.138. The van der Waals surface area contributed by atoms with Crippen LogP contribution in [0.25, 0.3) is 11.0 Å². The van der Waals surface area contributed by atoms with E-state index in [1.165, 1.54) is 12.2 Å². The van der Waals surface area contributed by atoms with E-state index in [0.29, 0.717) is 24.4 Å². The fourth-order valence-corrected chi connectivity index (χ4v) is 4.09. The third-order valence-electron chi connectivity index (χ3n) is 4.50. The standard InChI is InChI=1S/C18H18N4O5S/c23-17(13-6-7-16-20-28(25,26)11-9-21(16)12-13)27-10-3-8-22-15-5-2-1-4-14(15)19-18(22)24/h1-2,4-7,12H,3,8-11H2,(H,19,24). The number of aromatic nitrogens is 2. The van der Waals surface area contributed by atoms with Crippen LogP contribution in [0.1, 0.15) is 6.42 Å². The molecule has 0 radical (unpaired) electrons. The first-order valence-electron chi connectivity index (χ1n) is 8.77. The summed E-state index contributed by atoms with van der Waals surface area (Å²) in [6.07, 6.45) is 5.00. The third-order valence-corrected chi connectivity index (χ3v) is 5.66. The summed E-state index contributed by atoms with van der Waals surface area (Å²) in [7, 11) is -3.43. The van der Waals surface area contributed by atoms with Gasteiger partial charge in [-0.05, 0) is 30.7 Å². The number of nitrogens with zero attached hydrogens (tertiary/aromatic N) is 3. The summed E-state index contributed by atoms with van der Waals surface area (Å²) in [5.74, 6) is -0.306. The summed E-state index contributed by atoms with van der Waals surface area (Å²) in [4.78, 5) is 28.7. The minimum Gasteiger partial charge on any atom is -0.462 e. The Hall–Kier alpha value is -3.14. The van der Waals surface area contributed by atoms with Crippen LogP contribution in [0, 0.1) is 0 Å². The molecule has 9 nitrogen and oxygen atoms in total. The number of carbonyl (C=O) groups excluding carboxylic acids is 1. The highest BCUT2D eigenvalue weighted by atomic mass is 32.2. The van der Waals surface area contributed by atoms with Crippen LogP contribution in [-0.4, -0.2) is 53.6 Å². The van der Waals surface area contributed by atoms with Crippen molar-refractivity contribution < 1.29 is 17.9 Å². The van der Waals surface area contributed by atoms with Crippen molar-refractivity contribution in [2.75, 3.05) is 18.9 Å². The van der Waals surface area contributed by atoms with Gasteiger partial charge in [-0.2, -0.15) is 0 Å². The minimum atomic E-state index is -3.43. The SMILES string of the molecule is O=C(OCCCn1c(=O)[nH]c2ccccc21)C1=CN2CCS(=O)(=O)N=C2C=C1. The molecule has 0 saturated heterocycles. The Bertz CT molecular complexity index is 1190. The summed E-state index contributed by atoms with van der Waals surface area (Å²) in [6, 6.07) is 7.40. The normalized spacial score (nSPS) is 17.8. The van der Waals surface area contributed by atoms with Crippen LogP contribution >= 0.6 is 0 Å². The summed E-state index contributed by atoms with van der Waals surface area (Å²) in [6.45, 7) is 0.822. The van der Waals surface area contributed by atoms with Crippen molar-refractivity contribution in [1.82, 2.24) is 14.5 Å². The number of imidazole rings is 1. The molecule has 0 bridgehead atoms. The summed E-state index contributed by atoms with van der Waals surface area (Å²) in [5, 5.41) is 0. The molecule has 4 rings (SSSR count). The number of H-pyrrole nitrogens is 1. The van der Waals surface area contributed by atoms with E-state index < -0.39 is 16.0 Å². The molecule has 2 aromatic rings. The van der Waals surface area contributed by atoms with Gasteiger partial charge in [-0.1, -0.05) is 12.1 Å². The first-order valence-corrected chi connectivity index (χ1v) is 10.4. The number of aryl methyl sites for hydroxylation is 1. The highest BCUT2D eigenvalue weighted by Crippen LogP contribution is 2.16. The Labute approximate surface area is 160 Å². The molecule has 0 unspecified atom stereocenters. The van der Waals surface area contributed by atoms with Gasteiger partial charge in [0, 0.05) is 19.3 Å². The maximum atomic E-state index is 12.2. The third kappa shape index (κ3) is 3.63. The van der Waals surface area contributed by atoms with Crippen molar-refractivity contribution in [3.8, 4) is 0 Å². The Morgan fingerprint density at radius 1 is 1.25 bits per heavy atom. The molecule has 0 atom stereocenters. The van der Waals surface area contributed by atoms with Gasteiger partial charge >= 0.3 is 11.7 Å². The van der Waals surface area contributed by atoms with Crippen LogP contribution in [0.15, 0.2) is 57.4 Å². The van der Waals surface area contributed by atoms with Crippen LogP contribution in [0.4, 0.5) is 0 Å². The molecule has 0 aliphatic carbocycles. The monoisotopic (exact) mass is 402 g/mol. The second kappa shape index (κ2) is 7.12. The number of amidine groups is 1. The molecule has 2 aliphatic heterocycles. The van der Waals surface area contributed by atoms with E-state index in [-0.39, 0.29) is 24.6 Å². The summed E-state index contributed by atoms with van der Waals surface area (Å²) >= 11 is 0. The molecule has 146 valence electrons. The molecule has 0 fully saturated rings. The number of hydrogen-bond acceptors (Lipinski definition) is 6. The first kappa shape index (κ1) is 18.2. The van der Waals surface area contributed by atoms with Crippen LogP contribution in [0.3, 0.4) is 0 Å². The van der Waals surface area contributed by atoms with Gasteiger partial charge in [-0.15, -0.1) is 4.40 Å². The zero-order valence-electron chi connectivity index (χ0n) is 14.9. The zero-order valence-corrected chi connectivity index (χ0v) is 15.7. The number of aromatic amines is 1. The van der Waals surface area contributed by atoms with Crippen LogP contribution in [-0.2, 0) is 26.1 Å². The molecule has 0 saturated carbocycles. The van der Waals surface area contributed by atoms with Crippen molar-refractivity contribution in [2.45, 2.75) is 13.0 Å². The molecular weight excluding hydrogens is 384 g/mol. The van der Waals surface area contributed by atoms with Crippen LogP contribution in [0.2, 0.25) is 0 Å². The number of sulfonamides is 1. The number of benzene rings is 1. The molecule has 28 heavy (non-hydrogen) atoms. The number of fused-ring (bicyclic) bond motifs is 2. The number of ether oxygens (including phenoxy) is 1. The predicted octanol–water partition coefficient (Wildman–Crippen LogP) is 0.761. The lowest BCUT2D eigenvalue weighted by Gasteiger charge is -2.26. The number of para-hydroxylation sites is 2. The van der Waals surface area contributed by atoms with Crippen molar-refractivity contribution in [3.63, 3.8) is 0 Å². The molecule has 10 heteroatoms. The van der Waals surface area contributed by atoms with Crippen molar-refractivity contribution >= 4 is 32.9 Å². The van der Waals surface area contributed by atoms with E-state index in [1.54, 1.807) is 15.7 Å². The molecule has 0 amide bonds. The summed E-state index contributed by atoms with van der Waals surface area (Å²) < 4.78 is 33.6. The molecule has 2 aliphatic rings. The number of rotatable bonds is 5. The van der Waals surface area contributed by atoms with Gasteiger partial charge in [0.05, 0.1) is 29.0 Å². The van der Waals surface area contributed by atoms with E-state index in [4.69, 9.17) is 4.74 Å². The van der Waals surface area contributed by atoms with Gasteiger partial charge in [0.25, 0.3) is 10.0 Å². The Kier molecular flexibility index (Phi) is 4.63. The number of esters is 1. The molecule has 0 spiro atoms. The number of hydrogen-bond donors (Lipinski definition) is 1. The predicted molar refractivity (Wildman–Crippen MR) is 103 cm³/mol. The van der Waals surface area contributed by atoms with E-state index >= 15 is 0 Å². The number of nitrogens with one attached hydrogen (secondary N) is 1. The van der Waals surface area contributed by atoms with Crippen molar-refractivity contribution in [3.05, 3.63) is 58.7 Å². The molecule has 3 heterocycles. The maximum Gasteiger partial charge on any atom is 0.339 e. The fourth-order valence-electron chi connectivity index (χ4n) is 3.12. The van der Waals surface area contributed by atoms with E-state index in [2.05, 4.69) is 9.38 Å². The molecule has 1 aromatic heterocycles. The van der Waals surface area contributed by atoms with E-state index in [9.17, 15) is 18.0 Å². The highest BCUT2D eigenvalue weighted by molar-refractivity contribution is 7.90. The Morgan fingerprint density at radius 3 is 2.93 bits per heavy atom. The maximum absolute atomic E-state index is 12.2. The van der Waals surface area contributed by atoms with Gasteiger partial charge in [0.15, 0.2) is 0 Å². The average molecular weight is 402 g/mol. The second-order valence-corrected chi connectivity index (χ2v) is 8.19. The van der Waals surface area contributed by atoms with E-state index in [1.807, 2.05) is 24.3 Å². The largest absolute Gasteiger partial charge is 0.462 e. The fraction of sp³-hybridized carbons (Fsp3) is 0.278. The van der Waals surface area contributed by atoms with Crippen molar-refractivity contribution in [1.29, 1.82) is 0 Å². The van der Waals surface area contributed by atoms with E-state index in [0.717, 1.165) is 11.0 Å². The molecule has 1 aromatic carbocycles. The zero-order chi connectivity index (χ0) is 19.7. The Balaban J connectivity index is 1.34.